The molecule has 1 N–H and O–H groups in total. The maximum atomic E-state index is 11.0. The molecule has 2 aromatic rings. The van der Waals surface area contributed by atoms with Gasteiger partial charge in [-0.15, -0.1) is 0 Å². The van der Waals surface area contributed by atoms with Crippen LogP contribution in [0.5, 0.6) is 0 Å². The van der Waals surface area contributed by atoms with Gasteiger partial charge in [0.1, 0.15) is 6.04 Å². The Morgan fingerprint density at radius 1 is 1.38 bits per heavy atom. The van der Waals surface area contributed by atoms with E-state index in [9.17, 15) is 10.1 Å². The summed E-state index contributed by atoms with van der Waals surface area (Å²) in [6, 6.07) is 7.98. The van der Waals surface area contributed by atoms with Crippen LogP contribution in [0.15, 0.2) is 54.5 Å². The van der Waals surface area contributed by atoms with Crippen LogP contribution in [0, 0.1) is 10.1 Å². The number of hydrogen-bond donors (Lipinski definition) is 1. The van der Waals surface area contributed by atoms with Crippen LogP contribution < -0.4 is 0 Å². The van der Waals surface area contributed by atoms with Crippen LogP contribution in [0.3, 0.4) is 0 Å². The van der Waals surface area contributed by atoms with Crippen molar-refractivity contribution in [2.24, 2.45) is 0 Å². The smallest absolute Gasteiger partial charge is 0.268 e. The van der Waals surface area contributed by atoms with Crippen LogP contribution in [0.2, 0.25) is 0 Å². The largest absolute Gasteiger partial charge is 0.364 e. The lowest BCUT2D eigenvalue weighted by Crippen LogP contribution is -2.35. The van der Waals surface area contributed by atoms with E-state index in [1.54, 1.807) is 12.2 Å². The highest BCUT2D eigenvalue weighted by atomic mass is 16.6. The minimum Gasteiger partial charge on any atom is -0.364 e. The molecule has 21 heavy (non-hydrogen) atoms. The van der Waals surface area contributed by atoms with Crippen LogP contribution in [0.4, 0.5) is 0 Å². The maximum absolute atomic E-state index is 11.0. The number of nitrogens with one attached hydrogen (secondary N) is 1. The number of fused-ring (bicyclic) bond motifs is 1. The van der Waals surface area contributed by atoms with Crippen molar-refractivity contribution in [1.82, 2.24) is 9.88 Å². The number of aromatic nitrogens is 1. The molecular formula is C16H17N3O2. The lowest BCUT2D eigenvalue weighted by molar-refractivity contribution is -0.432. The van der Waals surface area contributed by atoms with Crippen molar-refractivity contribution in [3.05, 3.63) is 70.2 Å². The third-order valence-corrected chi connectivity index (χ3v) is 4.00. The molecule has 1 aliphatic heterocycles. The van der Waals surface area contributed by atoms with Gasteiger partial charge in [-0.1, -0.05) is 18.2 Å². The number of nitrogens with zero attached hydrogens (tertiary/aromatic N) is 2. The summed E-state index contributed by atoms with van der Waals surface area (Å²) in [6.45, 7) is 2.62. The highest BCUT2D eigenvalue weighted by molar-refractivity contribution is 5.83. The van der Waals surface area contributed by atoms with Gasteiger partial charge in [0, 0.05) is 35.9 Å². The molecule has 1 atom stereocenters. The lowest BCUT2D eigenvalue weighted by Gasteiger charge is -2.27. The van der Waals surface area contributed by atoms with E-state index in [4.69, 9.17) is 0 Å². The zero-order valence-electron chi connectivity index (χ0n) is 11.8. The van der Waals surface area contributed by atoms with Crippen LogP contribution >= 0.6 is 0 Å². The quantitative estimate of drug-likeness (QED) is 0.692. The van der Waals surface area contributed by atoms with Gasteiger partial charge in [0.25, 0.3) is 5.70 Å². The molecule has 0 amide bonds. The molecule has 0 fully saturated rings. The first-order valence-corrected chi connectivity index (χ1v) is 7.00. The summed E-state index contributed by atoms with van der Waals surface area (Å²) in [5, 5.41) is 12.2. The van der Waals surface area contributed by atoms with Crippen molar-refractivity contribution < 1.29 is 4.92 Å². The normalized spacial score (nSPS) is 18.0. The van der Waals surface area contributed by atoms with Crippen molar-refractivity contribution in [3.8, 4) is 0 Å². The zero-order valence-corrected chi connectivity index (χ0v) is 11.8. The molecule has 3 rings (SSSR count). The molecule has 2 heterocycles. The van der Waals surface area contributed by atoms with Gasteiger partial charge in [-0.25, -0.2) is 0 Å². The highest BCUT2D eigenvalue weighted by Gasteiger charge is 2.26. The molecule has 108 valence electrons. The van der Waals surface area contributed by atoms with Gasteiger partial charge >= 0.3 is 0 Å². The second kappa shape index (κ2) is 5.44. The lowest BCUT2D eigenvalue weighted by atomic mass is 10.1. The molecule has 0 saturated heterocycles. The molecule has 0 bridgehead atoms. The third-order valence-electron chi connectivity index (χ3n) is 4.00. The minimum absolute atomic E-state index is 0.199. The Morgan fingerprint density at radius 2 is 2.19 bits per heavy atom. The van der Waals surface area contributed by atoms with E-state index in [1.807, 2.05) is 36.4 Å². The number of benzene rings is 1. The Kier molecular flexibility index (Phi) is 3.48. The van der Waals surface area contributed by atoms with Crippen molar-refractivity contribution in [2.45, 2.75) is 19.4 Å². The summed E-state index contributed by atoms with van der Waals surface area (Å²) in [5.41, 5.74) is 2.61. The van der Waals surface area contributed by atoms with Crippen molar-refractivity contribution in [1.29, 1.82) is 0 Å². The Morgan fingerprint density at radius 3 is 3.00 bits per heavy atom. The predicted molar refractivity (Wildman–Crippen MR) is 82.4 cm³/mol. The van der Waals surface area contributed by atoms with E-state index in [1.165, 1.54) is 10.9 Å². The minimum atomic E-state index is -0.299. The zero-order chi connectivity index (χ0) is 14.8. The van der Waals surface area contributed by atoms with E-state index in [-0.39, 0.29) is 16.7 Å². The van der Waals surface area contributed by atoms with Gasteiger partial charge in [-0.05, 0) is 31.1 Å². The molecule has 0 aliphatic carbocycles. The summed E-state index contributed by atoms with van der Waals surface area (Å²) in [5.74, 6) is 0. The number of allylic oxidation sites excluding steroid dienone is 2. The number of hydrogen-bond acceptors (Lipinski definition) is 3. The van der Waals surface area contributed by atoms with Crippen LogP contribution in [-0.2, 0) is 6.42 Å². The summed E-state index contributed by atoms with van der Waals surface area (Å²) in [7, 11) is 0. The second-order valence-corrected chi connectivity index (χ2v) is 5.21. The Hall–Kier alpha value is -2.56. The van der Waals surface area contributed by atoms with Crippen LogP contribution in [0.1, 0.15) is 12.5 Å². The van der Waals surface area contributed by atoms with E-state index in [0.29, 0.717) is 0 Å². The Balaban J connectivity index is 1.72. The Bertz CT molecular complexity index is 730. The third kappa shape index (κ3) is 2.54. The van der Waals surface area contributed by atoms with E-state index in [2.05, 4.69) is 17.1 Å². The maximum Gasteiger partial charge on any atom is 0.268 e. The summed E-state index contributed by atoms with van der Waals surface area (Å²) in [6.07, 6.45) is 8.11. The summed E-state index contributed by atoms with van der Waals surface area (Å²) >= 11 is 0. The first-order valence-electron chi connectivity index (χ1n) is 7.00. The van der Waals surface area contributed by atoms with Gasteiger partial charge in [0.05, 0.1) is 4.92 Å². The fourth-order valence-electron chi connectivity index (χ4n) is 2.76. The number of nitro groups is 1. The highest BCUT2D eigenvalue weighted by Crippen LogP contribution is 2.21. The molecular weight excluding hydrogens is 266 g/mol. The molecule has 0 spiro atoms. The fourth-order valence-corrected chi connectivity index (χ4v) is 2.76. The van der Waals surface area contributed by atoms with E-state index >= 15 is 0 Å². The fraction of sp³-hybridized carbons (Fsp3) is 0.250. The summed E-state index contributed by atoms with van der Waals surface area (Å²) in [4.78, 5) is 16.0. The molecule has 0 saturated carbocycles. The molecule has 5 nitrogen and oxygen atoms in total. The average Bonchev–Trinajstić information content (AvgIpc) is 2.89. The number of para-hydroxylation sites is 1. The number of aromatic amines is 1. The molecule has 5 heteroatoms. The van der Waals surface area contributed by atoms with Gasteiger partial charge in [0.2, 0.25) is 0 Å². The first kappa shape index (κ1) is 13.4. The predicted octanol–water partition coefficient (Wildman–Crippen LogP) is 3.09. The SMILES string of the molecule is CC1C([N+](=O)[O-])=CC=CN1CCc1c[nH]c2ccccc12. The van der Waals surface area contributed by atoms with Crippen molar-refractivity contribution >= 4 is 10.9 Å². The molecule has 1 aliphatic rings. The molecule has 0 radical (unpaired) electrons. The molecule has 1 aromatic heterocycles. The second-order valence-electron chi connectivity index (χ2n) is 5.21. The average molecular weight is 283 g/mol. The van der Waals surface area contributed by atoms with Gasteiger partial charge in [-0.2, -0.15) is 0 Å². The van der Waals surface area contributed by atoms with Gasteiger partial charge in [0.15, 0.2) is 0 Å². The molecule has 1 aromatic carbocycles. The monoisotopic (exact) mass is 283 g/mol. The van der Waals surface area contributed by atoms with E-state index < -0.39 is 0 Å². The van der Waals surface area contributed by atoms with Crippen LogP contribution in [0.25, 0.3) is 10.9 Å². The van der Waals surface area contributed by atoms with E-state index in [0.717, 1.165) is 18.5 Å². The van der Waals surface area contributed by atoms with Crippen molar-refractivity contribution in [2.75, 3.05) is 6.54 Å². The number of rotatable bonds is 4. The van der Waals surface area contributed by atoms with Crippen molar-refractivity contribution in [3.63, 3.8) is 0 Å². The standard InChI is InChI=1S/C16H17N3O2/c1-12-16(19(20)21)7-4-9-18(12)10-8-13-11-17-15-6-3-2-5-14(13)15/h2-7,9,11-12,17H,8,10H2,1H3. The van der Waals surface area contributed by atoms with Gasteiger partial charge in [-0.3, -0.25) is 10.1 Å². The number of H-pyrrole nitrogens is 1. The Labute approximate surface area is 122 Å². The molecule has 1 unspecified atom stereocenters. The summed E-state index contributed by atoms with van der Waals surface area (Å²) < 4.78 is 0. The van der Waals surface area contributed by atoms with Crippen LogP contribution in [-0.4, -0.2) is 27.4 Å². The topological polar surface area (TPSA) is 62.2 Å². The van der Waals surface area contributed by atoms with Gasteiger partial charge < -0.3 is 9.88 Å². The first-order chi connectivity index (χ1) is 10.2.